The number of halogens is 3. The number of rotatable bonds is 13. The highest BCUT2D eigenvalue weighted by Gasteiger charge is 2.12. The van der Waals surface area contributed by atoms with Crippen molar-refractivity contribution in [3.63, 3.8) is 0 Å². The zero-order valence-electron chi connectivity index (χ0n) is 23.0. The summed E-state index contributed by atoms with van der Waals surface area (Å²) >= 11 is 1.73. The van der Waals surface area contributed by atoms with E-state index in [1.807, 2.05) is 25.2 Å². The van der Waals surface area contributed by atoms with Crippen LogP contribution in [0.1, 0.15) is 18.1 Å². The molecule has 1 aromatic heterocycles. The van der Waals surface area contributed by atoms with Crippen molar-refractivity contribution >= 4 is 41.4 Å². The number of nitrogens with one attached hydrogen (secondary N) is 3. The second-order valence-corrected chi connectivity index (χ2v) is 9.50. The van der Waals surface area contributed by atoms with Gasteiger partial charge in [0, 0.05) is 45.7 Å². The summed E-state index contributed by atoms with van der Waals surface area (Å²) in [5.74, 6) is -3.06. The van der Waals surface area contributed by atoms with Crippen molar-refractivity contribution in [2.45, 2.75) is 13.3 Å². The molecule has 3 rings (SSSR count). The molecule has 0 radical (unpaired) electrons. The monoisotopic (exact) mass is 573 g/mol. The van der Waals surface area contributed by atoms with Gasteiger partial charge in [0.05, 0.1) is 0 Å². The minimum Gasteiger partial charge on any atom is -0.382 e. The fourth-order valence-electron chi connectivity index (χ4n) is 3.89. The number of H-pyrrole nitrogens is 1. The molecule has 0 spiro atoms. The second kappa shape index (κ2) is 17.2. The molecule has 212 valence electrons. The van der Waals surface area contributed by atoms with Gasteiger partial charge in [-0.25, -0.2) is 13.2 Å². The van der Waals surface area contributed by atoms with Gasteiger partial charge < -0.3 is 15.6 Å². The van der Waals surface area contributed by atoms with E-state index in [2.05, 4.69) is 77.9 Å². The Morgan fingerprint density at radius 1 is 1.12 bits per heavy atom. The van der Waals surface area contributed by atoms with Crippen LogP contribution >= 0.6 is 11.8 Å². The van der Waals surface area contributed by atoms with Crippen molar-refractivity contribution in [3.05, 3.63) is 136 Å². The van der Waals surface area contributed by atoms with Gasteiger partial charge in [-0.05, 0) is 65.9 Å². The van der Waals surface area contributed by atoms with E-state index in [-0.39, 0.29) is 6.42 Å². The van der Waals surface area contributed by atoms with E-state index in [1.165, 1.54) is 6.20 Å². The number of terminal acetylenes is 1. The summed E-state index contributed by atoms with van der Waals surface area (Å²) in [7, 11) is 0. The van der Waals surface area contributed by atoms with Crippen molar-refractivity contribution in [1.82, 2.24) is 15.6 Å². The largest absolute Gasteiger partial charge is 0.382 e. The van der Waals surface area contributed by atoms with E-state index >= 15 is 0 Å². The van der Waals surface area contributed by atoms with Crippen molar-refractivity contribution in [3.8, 4) is 12.8 Å². The first kappa shape index (κ1) is 32.7. The maximum absolute atomic E-state index is 13.7. The van der Waals surface area contributed by atoms with Crippen molar-refractivity contribution in [2.75, 3.05) is 12.3 Å². The Bertz CT molecular complexity index is 1580. The van der Waals surface area contributed by atoms with Gasteiger partial charge in [-0.15, -0.1) is 24.6 Å². The number of benzene rings is 2. The molecule has 0 aliphatic carbocycles. The van der Waals surface area contributed by atoms with Gasteiger partial charge in [-0.2, -0.15) is 0 Å². The maximum Gasteiger partial charge on any atom is 0.194 e. The molecule has 0 bridgehead atoms. The Morgan fingerprint density at radius 3 is 2.54 bits per heavy atom. The summed E-state index contributed by atoms with van der Waals surface area (Å²) in [5, 5.41) is 11.3. The summed E-state index contributed by atoms with van der Waals surface area (Å²) < 4.78 is 40.8. The average Bonchev–Trinajstić information content (AvgIpc) is 3.28. The van der Waals surface area contributed by atoms with Crippen molar-refractivity contribution in [1.29, 1.82) is 0 Å². The Labute approximate surface area is 244 Å². The smallest absolute Gasteiger partial charge is 0.194 e. The first-order valence-corrected chi connectivity index (χ1v) is 13.7. The van der Waals surface area contributed by atoms with Gasteiger partial charge in [0.15, 0.2) is 17.5 Å². The van der Waals surface area contributed by atoms with Crippen LogP contribution in [0.5, 0.6) is 0 Å². The molecular weight excluding hydrogens is 539 g/mol. The number of allylic oxidation sites excluding steroid dienone is 4. The molecule has 2 aromatic carbocycles. The van der Waals surface area contributed by atoms with Crippen LogP contribution in [-0.2, 0) is 6.42 Å². The van der Waals surface area contributed by atoms with E-state index in [4.69, 9.17) is 0 Å². The molecule has 3 nitrogen and oxygen atoms in total. The highest BCUT2D eigenvalue weighted by atomic mass is 32.2. The maximum atomic E-state index is 13.7. The van der Waals surface area contributed by atoms with Crippen LogP contribution in [0.3, 0.4) is 0 Å². The lowest BCUT2D eigenvalue weighted by atomic mass is 10.0. The Kier molecular flexibility index (Phi) is 13.7. The highest BCUT2D eigenvalue weighted by Crippen LogP contribution is 2.19. The number of aromatic nitrogens is 1. The third-order valence-electron chi connectivity index (χ3n) is 5.74. The molecule has 0 saturated carbocycles. The summed E-state index contributed by atoms with van der Waals surface area (Å²) in [5.41, 5.74) is 3.60. The van der Waals surface area contributed by atoms with Crippen LogP contribution in [0.15, 0.2) is 96.9 Å². The fourth-order valence-corrected chi connectivity index (χ4v) is 4.45. The van der Waals surface area contributed by atoms with E-state index in [0.717, 1.165) is 44.9 Å². The third kappa shape index (κ3) is 9.86. The van der Waals surface area contributed by atoms with E-state index in [0.29, 0.717) is 23.4 Å². The molecule has 0 aliphatic heterocycles. The van der Waals surface area contributed by atoms with E-state index in [1.54, 1.807) is 30.1 Å². The second-order valence-electron chi connectivity index (χ2n) is 8.56. The Morgan fingerprint density at radius 2 is 1.85 bits per heavy atom. The topological polar surface area (TPSA) is 39.8 Å². The van der Waals surface area contributed by atoms with Gasteiger partial charge in [-0.1, -0.05) is 62.2 Å². The normalized spacial score (nSPS) is 12.2. The molecule has 0 fully saturated rings. The van der Waals surface area contributed by atoms with E-state index < -0.39 is 17.5 Å². The van der Waals surface area contributed by atoms with Gasteiger partial charge in [0.2, 0.25) is 0 Å². The van der Waals surface area contributed by atoms with Crippen LogP contribution in [-0.4, -0.2) is 17.3 Å². The summed E-state index contributed by atoms with van der Waals surface area (Å²) in [6.07, 6.45) is 23.0. The molecule has 7 heteroatoms. The minimum absolute atomic E-state index is 0.158. The molecule has 3 aromatic rings. The van der Waals surface area contributed by atoms with Crippen LogP contribution in [0.2, 0.25) is 0 Å². The van der Waals surface area contributed by atoms with Crippen molar-refractivity contribution < 1.29 is 13.2 Å². The first-order valence-electron chi connectivity index (χ1n) is 12.7. The molecule has 41 heavy (non-hydrogen) atoms. The quantitative estimate of drug-likeness (QED) is 0.0909. The molecule has 0 saturated heterocycles. The molecule has 0 atom stereocenters. The van der Waals surface area contributed by atoms with Gasteiger partial charge in [-0.3, -0.25) is 0 Å². The average molecular weight is 574 g/mol. The Balaban J connectivity index is 0.00000287. The number of aromatic amines is 1. The Hall–Kier alpha value is -4.54. The lowest BCUT2D eigenvalue weighted by molar-refractivity contribution is 0.445. The zero-order chi connectivity index (χ0) is 30.2. The minimum atomic E-state index is -1.48. The summed E-state index contributed by atoms with van der Waals surface area (Å²) in [4.78, 5) is 3.36. The molecule has 3 N–H and O–H groups in total. The molecule has 0 amide bonds. The van der Waals surface area contributed by atoms with Gasteiger partial charge in [0.25, 0.3) is 0 Å². The van der Waals surface area contributed by atoms with E-state index in [9.17, 15) is 13.2 Å². The lowest BCUT2D eigenvalue weighted by Crippen LogP contribution is -2.20. The number of hydrogen-bond acceptors (Lipinski definition) is 3. The van der Waals surface area contributed by atoms with Crippen LogP contribution < -0.4 is 21.2 Å². The van der Waals surface area contributed by atoms with Crippen LogP contribution in [0.4, 0.5) is 13.2 Å². The first-order chi connectivity index (χ1) is 19.8. The molecular formula is C34H34F3N3S. The predicted molar refractivity (Wildman–Crippen MR) is 171 cm³/mol. The summed E-state index contributed by atoms with van der Waals surface area (Å²) in [6.45, 7) is 14.3. The van der Waals surface area contributed by atoms with Crippen LogP contribution in [0.25, 0.3) is 29.6 Å². The number of hydrogen-bond donors (Lipinski definition) is 3. The third-order valence-corrected chi connectivity index (χ3v) is 6.56. The zero-order valence-corrected chi connectivity index (χ0v) is 23.8. The molecule has 0 unspecified atom stereocenters. The number of thioether (sulfide) groups is 1. The van der Waals surface area contributed by atoms with Gasteiger partial charge >= 0.3 is 0 Å². The summed E-state index contributed by atoms with van der Waals surface area (Å²) in [6, 6.07) is 8.20. The highest BCUT2D eigenvalue weighted by molar-refractivity contribution is 8.02. The fraction of sp³-hybridized carbons (Fsp3) is 0.118. The molecule has 0 aliphatic rings. The predicted octanol–water partition coefficient (Wildman–Crippen LogP) is 6.82. The van der Waals surface area contributed by atoms with Gasteiger partial charge in [0.1, 0.15) is 0 Å². The van der Waals surface area contributed by atoms with Crippen molar-refractivity contribution in [2.24, 2.45) is 0 Å². The SMILES string of the molecule is C#C.C=CN/C=C\C=C(/Cc1cc(F)c(F)c(F)c1)C(=C)NC/C=C/c1ccc2/c(=C/CS/C=C\C)c(=C)[nH]c2c1. The standard InChI is InChI=1S/C32H32F3N3S.C2H2/c1-5-16-39-17-13-27-23(4)38-31-21-24(11-12-28(27)31)9-7-15-37-22(3)26(10-8-14-36-6-2)18-25-19-29(33)32(35)30(34)20-25;1-2/h5-14,16,19-21,36-38H,2-4,15,17-18H2,1H3;1-2H/b9-7+,14-8-,16-5-,26-10+,27-13+;. The molecule has 1 heterocycles. The lowest BCUT2D eigenvalue weighted by Gasteiger charge is -2.13. The number of fused-ring (bicyclic) bond motifs is 1. The van der Waals surface area contributed by atoms with Crippen LogP contribution in [0, 0.1) is 30.3 Å².